The quantitative estimate of drug-likeness (QED) is 0.405. The molecule has 0 aliphatic heterocycles. The molecule has 0 aliphatic rings. The molecule has 0 amide bonds. The fraction of sp³-hybridized carbons (Fsp3) is 0.200. The van der Waals surface area contributed by atoms with Gasteiger partial charge in [-0.05, 0) is 19.9 Å². The molecule has 1 heterocycles. The molecule has 0 spiro atoms. The summed E-state index contributed by atoms with van der Waals surface area (Å²) in [7, 11) is 1.53. The molecule has 0 atom stereocenters. The average molecular weight is 302 g/mol. The van der Waals surface area contributed by atoms with Crippen molar-refractivity contribution < 1.29 is 14.8 Å². The van der Waals surface area contributed by atoms with E-state index in [-0.39, 0.29) is 28.1 Å². The summed E-state index contributed by atoms with van der Waals surface area (Å²) in [6.07, 6.45) is 0. The molecular weight excluding hydrogens is 288 g/mol. The predicted octanol–water partition coefficient (Wildman–Crippen LogP) is 2.32. The summed E-state index contributed by atoms with van der Waals surface area (Å²) in [6, 6.07) is 5.22. The Labute approximate surface area is 125 Å². The van der Waals surface area contributed by atoms with Crippen LogP contribution in [-0.4, -0.2) is 20.4 Å². The van der Waals surface area contributed by atoms with Gasteiger partial charge in [-0.15, -0.1) is 0 Å². The van der Waals surface area contributed by atoms with E-state index >= 15 is 0 Å². The SMILES string of the molecule is CC(=O)/C(=C(/C)O)c1cc(=O)n(C)c2ccc([N+](=O)[O-])cc12. The third-order valence-electron chi connectivity index (χ3n) is 3.42. The number of aliphatic hydroxyl groups is 1. The molecule has 1 aromatic carbocycles. The van der Waals surface area contributed by atoms with E-state index in [1.54, 1.807) is 0 Å². The van der Waals surface area contributed by atoms with Gasteiger partial charge in [-0.1, -0.05) is 0 Å². The van der Waals surface area contributed by atoms with E-state index in [1.165, 1.54) is 49.7 Å². The van der Waals surface area contributed by atoms with Crippen LogP contribution in [0.4, 0.5) is 5.69 Å². The van der Waals surface area contributed by atoms with Crippen LogP contribution in [0, 0.1) is 10.1 Å². The zero-order valence-corrected chi connectivity index (χ0v) is 12.3. The summed E-state index contributed by atoms with van der Waals surface area (Å²) >= 11 is 0. The maximum Gasteiger partial charge on any atom is 0.270 e. The Bertz CT molecular complexity index is 889. The van der Waals surface area contributed by atoms with E-state index < -0.39 is 10.7 Å². The monoisotopic (exact) mass is 302 g/mol. The minimum atomic E-state index is -0.558. The summed E-state index contributed by atoms with van der Waals surface area (Å²) in [5, 5.41) is 21.1. The number of aliphatic hydroxyl groups excluding tert-OH is 1. The number of Topliss-reactive ketones (excluding diaryl/α,β-unsaturated/α-hetero) is 1. The van der Waals surface area contributed by atoms with Crippen LogP contribution < -0.4 is 5.56 Å². The van der Waals surface area contributed by atoms with Crippen LogP contribution in [0.5, 0.6) is 0 Å². The number of allylic oxidation sites excluding steroid dienone is 2. The zero-order valence-electron chi connectivity index (χ0n) is 12.3. The van der Waals surface area contributed by atoms with Gasteiger partial charge in [-0.2, -0.15) is 0 Å². The summed E-state index contributed by atoms with van der Waals surface area (Å²) in [4.78, 5) is 34.2. The van der Waals surface area contributed by atoms with Gasteiger partial charge < -0.3 is 9.67 Å². The second-order valence-corrected chi connectivity index (χ2v) is 4.93. The average Bonchev–Trinajstić information content (AvgIpc) is 2.43. The Morgan fingerprint density at radius 3 is 2.41 bits per heavy atom. The van der Waals surface area contributed by atoms with Gasteiger partial charge in [0.2, 0.25) is 0 Å². The number of hydrogen-bond acceptors (Lipinski definition) is 5. The lowest BCUT2D eigenvalue weighted by Gasteiger charge is -2.12. The number of fused-ring (bicyclic) bond motifs is 1. The number of nitro benzene ring substituents is 1. The highest BCUT2D eigenvalue weighted by atomic mass is 16.6. The second-order valence-electron chi connectivity index (χ2n) is 4.93. The zero-order chi connectivity index (χ0) is 16.6. The highest BCUT2D eigenvalue weighted by Gasteiger charge is 2.19. The second kappa shape index (κ2) is 5.44. The van der Waals surface area contributed by atoms with Crippen molar-refractivity contribution >= 4 is 27.9 Å². The maximum absolute atomic E-state index is 12.0. The number of nitro groups is 1. The van der Waals surface area contributed by atoms with Crippen molar-refractivity contribution in [2.24, 2.45) is 7.05 Å². The van der Waals surface area contributed by atoms with Gasteiger partial charge in [-0.3, -0.25) is 19.7 Å². The molecule has 0 fully saturated rings. The maximum atomic E-state index is 12.0. The Kier molecular flexibility index (Phi) is 3.81. The summed E-state index contributed by atoms with van der Waals surface area (Å²) < 4.78 is 1.33. The Morgan fingerprint density at radius 2 is 1.91 bits per heavy atom. The first-order chi connectivity index (χ1) is 10.2. The summed E-state index contributed by atoms with van der Waals surface area (Å²) in [5.41, 5.74) is 0.0628. The number of nitrogens with zero attached hydrogens (tertiary/aromatic N) is 2. The predicted molar refractivity (Wildman–Crippen MR) is 81.7 cm³/mol. The number of ketones is 1. The Balaban J connectivity index is 3.01. The molecule has 22 heavy (non-hydrogen) atoms. The normalized spacial score (nSPS) is 12.1. The van der Waals surface area contributed by atoms with E-state index in [2.05, 4.69) is 0 Å². The van der Waals surface area contributed by atoms with Crippen LogP contribution in [0.25, 0.3) is 16.5 Å². The molecule has 0 unspecified atom stereocenters. The number of rotatable bonds is 3. The van der Waals surface area contributed by atoms with Crippen molar-refractivity contribution in [3.63, 3.8) is 0 Å². The van der Waals surface area contributed by atoms with Crippen molar-refractivity contribution in [2.75, 3.05) is 0 Å². The molecule has 0 radical (unpaired) electrons. The molecule has 1 aromatic heterocycles. The third kappa shape index (κ3) is 2.48. The number of aromatic nitrogens is 1. The van der Waals surface area contributed by atoms with Gasteiger partial charge >= 0.3 is 0 Å². The molecule has 114 valence electrons. The molecule has 7 heteroatoms. The Morgan fingerprint density at radius 1 is 1.27 bits per heavy atom. The molecule has 0 saturated heterocycles. The van der Waals surface area contributed by atoms with E-state index in [0.717, 1.165) is 0 Å². The molecule has 2 aromatic rings. The van der Waals surface area contributed by atoms with Crippen LogP contribution in [0.3, 0.4) is 0 Å². The van der Waals surface area contributed by atoms with Crippen molar-refractivity contribution in [3.05, 3.63) is 56.1 Å². The van der Waals surface area contributed by atoms with Gasteiger partial charge in [0.25, 0.3) is 11.2 Å². The standard InChI is InChI=1S/C15H14N2O5/c1-8(18)15(9(2)19)12-7-14(20)16(3)13-5-4-10(17(21)22)6-11(12)13/h4-7,18H,1-3H3/b15-8+. The van der Waals surface area contributed by atoms with E-state index in [1.807, 2.05) is 0 Å². The highest BCUT2D eigenvalue weighted by molar-refractivity contribution is 6.23. The first-order valence-corrected chi connectivity index (χ1v) is 6.43. The Hall–Kier alpha value is -2.96. The number of carbonyl (C=O) groups excluding carboxylic acids is 1. The number of pyridine rings is 1. The number of benzene rings is 1. The van der Waals surface area contributed by atoms with Crippen LogP contribution in [0.1, 0.15) is 19.4 Å². The van der Waals surface area contributed by atoms with Crippen molar-refractivity contribution in [3.8, 4) is 0 Å². The van der Waals surface area contributed by atoms with E-state index in [9.17, 15) is 24.8 Å². The topological polar surface area (TPSA) is 102 Å². The van der Waals surface area contributed by atoms with Gasteiger partial charge in [0.1, 0.15) is 5.76 Å². The van der Waals surface area contributed by atoms with Crippen LogP contribution in [0.2, 0.25) is 0 Å². The molecule has 0 bridgehead atoms. The van der Waals surface area contributed by atoms with Crippen LogP contribution in [0.15, 0.2) is 34.8 Å². The van der Waals surface area contributed by atoms with Crippen molar-refractivity contribution in [1.29, 1.82) is 0 Å². The molecule has 0 aliphatic carbocycles. The van der Waals surface area contributed by atoms with Crippen LogP contribution in [-0.2, 0) is 11.8 Å². The van der Waals surface area contributed by atoms with E-state index in [4.69, 9.17) is 0 Å². The third-order valence-corrected chi connectivity index (χ3v) is 3.42. The lowest BCUT2D eigenvalue weighted by molar-refractivity contribution is -0.384. The minimum absolute atomic E-state index is 0.0248. The molecule has 1 N–H and O–H groups in total. The van der Waals surface area contributed by atoms with Gasteiger partial charge in [0.15, 0.2) is 5.78 Å². The van der Waals surface area contributed by atoms with E-state index in [0.29, 0.717) is 10.9 Å². The minimum Gasteiger partial charge on any atom is -0.512 e. The first kappa shape index (κ1) is 15.4. The van der Waals surface area contributed by atoms with Gasteiger partial charge in [-0.25, -0.2) is 0 Å². The van der Waals surface area contributed by atoms with Crippen molar-refractivity contribution in [2.45, 2.75) is 13.8 Å². The van der Waals surface area contributed by atoms with Gasteiger partial charge in [0.05, 0.1) is 16.0 Å². The highest BCUT2D eigenvalue weighted by Crippen LogP contribution is 2.28. The summed E-state index contributed by atoms with van der Waals surface area (Å²) in [5.74, 6) is -0.672. The molecule has 2 rings (SSSR count). The first-order valence-electron chi connectivity index (χ1n) is 6.43. The lowest BCUT2D eigenvalue weighted by Crippen LogP contribution is -2.18. The smallest absolute Gasteiger partial charge is 0.270 e. The largest absolute Gasteiger partial charge is 0.512 e. The molecule has 0 saturated carbocycles. The number of hydrogen-bond donors (Lipinski definition) is 1. The fourth-order valence-corrected chi connectivity index (χ4v) is 2.41. The summed E-state index contributed by atoms with van der Waals surface area (Å²) in [6.45, 7) is 2.59. The van der Waals surface area contributed by atoms with Crippen molar-refractivity contribution in [1.82, 2.24) is 4.57 Å². The fourth-order valence-electron chi connectivity index (χ4n) is 2.41. The van der Waals surface area contributed by atoms with Crippen LogP contribution >= 0.6 is 0 Å². The molecular formula is C15H14N2O5. The number of non-ortho nitro benzene ring substituents is 1. The number of aryl methyl sites for hydroxylation is 1. The molecule has 7 nitrogen and oxygen atoms in total. The van der Waals surface area contributed by atoms with Gasteiger partial charge in [0, 0.05) is 36.2 Å². The number of carbonyl (C=O) groups is 1. The lowest BCUT2D eigenvalue weighted by atomic mass is 9.97.